The Labute approximate surface area is 156 Å². The number of nitrogens with zero attached hydrogens (tertiary/aromatic N) is 3. The first-order valence-electron chi connectivity index (χ1n) is 9.21. The minimum absolute atomic E-state index is 0.0143. The van der Waals surface area contributed by atoms with E-state index in [0.717, 1.165) is 11.1 Å². The number of amides is 1. The van der Waals surface area contributed by atoms with E-state index in [1.54, 1.807) is 27.9 Å². The first kappa shape index (κ1) is 16.5. The summed E-state index contributed by atoms with van der Waals surface area (Å²) >= 11 is 0. The van der Waals surface area contributed by atoms with Gasteiger partial charge in [-0.15, -0.1) is 0 Å². The number of benzene rings is 1. The Balaban J connectivity index is 1.43. The molecular weight excluding hydrogens is 342 g/mol. The molecule has 6 heteroatoms. The molecule has 0 unspecified atom stereocenters. The quantitative estimate of drug-likeness (QED) is 0.740. The van der Waals surface area contributed by atoms with Crippen LogP contribution in [0.25, 0.3) is 5.52 Å². The van der Waals surface area contributed by atoms with Gasteiger partial charge in [0, 0.05) is 43.1 Å². The lowest BCUT2D eigenvalue weighted by Crippen LogP contribution is -2.29. The number of β-amino-alcohol motifs (C(OH)–C–C–N with tert-alkyl or cyclic N) is 1. The summed E-state index contributed by atoms with van der Waals surface area (Å²) in [7, 11) is 0. The molecular formula is C21H21N3O3. The van der Waals surface area contributed by atoms with Gasteiger partial charge < -0.3 is 15.1 Å². The van der Waals surface area contributed by atoms with Crippen molar-refractivity contribution in [2.75, 3.05) is 19.7 Å². The van der Waals surface area contributed by atoms with E-state index in [4.69, 9.17) is 0 Å². The van der Waals surface area contributed by atoms with Gasteiger partial charge >= 0.3 is 0 Å². The molecule has 2 aromatic heterocycles. The lowest BCUT2D eigenvalue weighted by Gasteiger charge is -2.17. The average Bonchev–Trinajstić information content (AvgIpc) is 2.96. The van der Waals surface area contributed by atoms with Gasteiger partial charge in [-0.2, -0.15) is 5.10 Å². The summed E-state index contributed by atoms with van der Waals surface area (Å²) in [6.45, 7) is 0.770. The van der Waals surface area contributed by atoms with Crippen LogP contribution in [0.4, 0.5) is 0 Å². The standard InChI is InChI=1S/C21H21N3O3/c25-12-17-19(14-4-2-1-3-5-14)21(17)13-23(11-18(21)26)20(27)15-7-9-24-16(10-15)6-8-22-24/h1-10,17-19,25-26H,11-13H2/t17-,18-,19-,21-/m1/s1. The van der Waals surface area contributed by atoms with Crippen LogP contribution in [0.15, 0.2) is 60.9 Å². The molecule has 5 rings (SSSR count). The maximum Gasteiger partial charge on any atom is 0.254 e. The van der Waals surface area contributed by atoms with Gasteiger partial charge in [0.2, 0.25) is 0 Å². The van der Waals surface area contributed by atoms with E-state index in [9.17, 15) is 15.0 Å². The largest absolute Gasteiger partial charge is 0.396 e. The molecule has 1 saturated heterocycles. The third-order valence-corrected chi connectivity index (χ3v) is 6.33. The van der Waals surface area contributed by atoms with Crippen molar-refractivity contribution in [2.45, 2.75) is 12.0 Å². The maximum absolute atomic E-state index is 13.0. The van der Waals surface area contributed by atoms with Crippen molar-refractivity contribution in [3.8, 4) is 0 Å². The third-order valence-electron chi connectivity index (χ3n) is 6.33. The summed E-state index contributed by atoms with van der Waals surface area (Å²) in [5.41, 5.74) is 2.11. The van der Waals surface area contributed by atoms with Crippen LogP contribution >= 0.6 is 0 Å². The molecule has 1 saturated carbocycles. The number of aliphatic hydroxyl groups is 2. The zero-order chi connectivity index (χ0) is 18.6. The Morgan fingerprint density at radius 3 is 2.81 bits per heavy atom. The third kappa shape index (κ3) is 2.33. The van der Waals surface area contributed by atoms with Gasteiger partial charge in [-0.1, -0.05) is 30.3 Å². The van der Waals surface area contributed by atoms with Crippen LogP contribution in [0.2, 0.25) is 0 Å². The monoisotopic (exact) mass is 363 g/mol. The highest BCUT2D eigenvalue weighted by atomic mass is 16.3. The highest BCUT2D eigenvalue weighted by Gasteiger charge is 2.71. The Kier molecular flexibility index (Phi) is 3.60. The zero-order valence-electron chi connectivity index (χ0n) is 14.8. The fourth-order valence-corrected chi connectivity index (χ4v) is 4.96. The van der Waals surface area contributed by atoms with Gasteiger partial charge in [0.1, 0.15) is 0 Å². The summed E-state index contributed by atoms with van der Waals surface area (Å²) < 4.78 is 1.71. The number of rotatable bonds is 3. The lowest BCUT2D eigenvalue weighted by atomic mass is 9.95. The Morgan fingerprint density at radius 1 is 1.22 bits per heavy atom. The van der Waals surface area contributed by atoms with E-state index in [-0.39, 0.29) is 24.3 Å². The molecule has 3 heterocycles. The fourth-order valence-electron chi connectivity index (χ4n) is 4.96. The van der Waals surface area contributed by atoms with E-state index in [1.165, 1.54) is 0 Å². The number of aromatic nitrogens is 2. The number of likely N-dealkylation sites (tertiary alicyclic amines) is 1. The molecule has 1 amide bonds. The molecule has 2 N–H and O–H groups in total. The Hall–Kier alpha value is -2.70. The first-order chi connectivity index (χ1) is 13.1. The van der Waals surface area contributed by atoms with Gasteiger partial charge in [0.05, 0.1) is 11.6 Å². The number of carbonyl (C=O) groups is 1. The SMILES string of the molecule is O=C(c1ccn2nccc2c1)N1C[C@@H](O)[C@@]2(C1)[C@H](CO)[C@H]2c1ccccc1. The van der Waals surface area contributed by atoms with E-state index in [2.05, 4.69) is 5.10 Å². The molecule has 1 aromatic carbocycles. The molecule has 27 heavy (non-hydrogen) atoms. The minimum atomic E-state index is -0.637. The highest BCUT2D eigenvalue weighted by molar-refractivity contribution is 5.95. The van der Waals surface area contributed by atoms with Gasteiger partial charge in [-0.3, -0.25) is 4.79 Å². The summed E-state index contributed by atoms with van der Waals surface area (Å²) in [5.74, 6) is -0.0381. The number of aliphatic hydroxyl groups excluding tert-OH is 2. The Morgan fingerprint density at radius 2 is 2.04 bits per heavy atom. The van der Waals surface area contributed by atoms with Crippen LogP contribution in [0.1, 0.15) is 21.8 Å². The van der Waals surface area contributed by atoms with Crippen LogP contribution in [0, 0.1) is 11.3 Å². The molecule has 138 valence electrons. The van der Waals surface area contributed by atoms with Crippen molar-refractivity contribution >= 4 is 11.4 Å². The predicted molar refractivity (Wildman–Crippen MR) is 99.3 cm³/mol. The molecule has 6 nitrogen and oxygen atoms in total. The number of carbonyl (C=O) groups excluding carboxylic acids is 1. The van der Waals surface area contributed by atoms with Gasteiger partial charge in [0.15, 0.2) is 0 Å². The highest BCUT2D eigenvalue weighted by Crippen LogP contribution is 2.68. The van der Waals surface area contributed by atoms with E-state index < -0.39 is 11.5 Å². The molecule has 0 radical (unpaired) electrons. The summed E-state index contributed by atoms with van der Waals surface area (Å²) in [6.07, 6.45) is 2.83. The van der Waals surface area contributed by atoms with Crippen molar-refractivity contribution in [2.24, 2.45) is 11.3 Å². The summed E-state index contributed by atoms with van der Waals surface area (Å²) in [6, 6.07) is 15.4. The number of hydrogen-bond donors (Lipinski definition) is 2. The second-order valence-electron chi connectivity index (χ2n) is 7.61. The Bertz CT molecular complexity index is 1000. The van der Waals surface area contributed by atoms with Crippen LogP contribution in [0.3, 0.4) is 0 Å². The molecule has 1 aliphatic heterocycles. The van der Waals surface area contributed by atoms with E-state index >= 15 is 0 Å². The normalized spacial score (nSPS) is 29.6. The van der Waals surface area contributed by atoms with E-state index in [1.807, 2.05) is 42.5 Å². The molecule has 1 spiro atoms. The van der Waals surface area contributed by atoms with Gasteiger partial charge in [-0.05, 0) is 35.6 Å². The van der Waals surface area contributed by atoms with Crippen molar-refractivity contribution in [1.29, 1.82) is 0 Å². The molecule has 1 aliphatic carbocycles. The van der Waals surface area contributed by atoms with Gasteiger partial charge in [0.25, 0.3) is 5.91 Å². The van der Waals surface area contributed by atoms with Crippen LogP contribution in [0.5, 0.6) is 0 Å². The smallest absolute Gasteiger partial charge is 0.254 e. The minimum Gasteiger partial charge on any atom is -0.396 e. The van der Waals surface area contributed by atoms with Crippen molar-refractivity contribution in [1.82, 2.24) is 14.5 Å². The molecule has 2 fully saturated rings. The fraction of sp³-hybridized carbons (Fsp3) is 0.333. The maximum atomic E-state index is 13.0. The van der Waals surface area contributed by atoms with Crippen molar-refractivity contribution in [3.63, 3.8) is 0 Å². The average molecular weight is 363 g/mol. The topological polar surface area (TPSA) is 78.1 Å². The number of fused-ring (bicyclic) bond motifs is 1. The first-order valence-corrected chi connectivity index (χ1v) is 9.21. The van der Waals surface area contributed by atoms with Gasteiger partial charge in [-0.25, -0.2) is 4.52 Å². The number of pyridine rings is 1. The van der Waals surface area contributed by atoms with Crippen LogP contribution in [-0.4, -0.2) is 56.4 Å². The van der Waals surface area contributed by atoms with Crippen LogP contribution < -0.4 is 0 Å². The molecule has 3 aromatic rings. The predicted octanol–water partition coefficient (Wildman–Crippen LogP) is 1.54. The molecule has 0 bridgehead atoms. The van der Waals surface area contributed by atoms with Crippen molar-refractivity contribution < 1.29 is 15.0 Å². The number of hydrogen-bond acceptors (Lipinski definition) is 4. The van der Waals surface area contributed by atoms with E-state index in [0.29, 0.717) is 18.7 Å². The lowest BCUT2D eigenvalue weighted by molar-refractivity contribution is 0.0764. The van der Waals surface area contributed by atoms with Crippen LogP contribution in [-0.2, 0) is 0 Å². The molecule has 2 aliphatic rings. The summed E-state index contributed by atoms with van der Waals surface area (Å²) in [5, 5.41) is 24.9. The second-order valence-corrected chi connectivity index (χ2v) is 7.61. The van der Waals surface area contributed by atoms with Crippen molar-refractivity contribution in [3.05, 3.63) is 72.1 Å². The second kappa shape index (κ2) is 5.90. The summed E-state index contributed by atoms with van der Waals surface area (Å²) in [4.78, 5) is 14.8. The molecule has 4 atom stereocenters. The zero-order valence-corrected chi connectivity index (χ0v) is 14.8.